The third-order valence-corrected chi connectivity index (χ3v) is 5.75. The molecule has 5 nitrogen and oxygen atoms in total. The highest BCUT2D eigenvalue weighted by Crippen LogP contribution is 2.08. The monoisotopic (exact) mass is 316 g/mol. The van der Waals surface area contributed by atoms with Gasteiger partial charge < -0.3 is 5.32 Å². The van der Waals surface area contributed by atoms with Crippen molar-refractivity contribution in [3.8, 4) is 0 Å². The normalized spacial score (nSPS) is 18.8. The molecule has 1 fully saturated rings. The number of amides is 1. The molecule has 0 bridgehead atoms. The van der Waals surface area contributed by atoms with E-state index in [0.717, 1.165) is 13.0 Å². The molecule has 2 heterocycles. The van der Waals surface area contributed by atoms with Crippen LogP contribution in [-0.2, 0) is 21.1 Å². The summed E-state index contributed by atoms with van der Waals surface area (Å²) in [6.45, 7) is 2.46. The van der Waals surface area contributed by atoms with Gasteiger partial charge in [-0.1, -0.05) is 0 Å². The molecule has 0 spiro atoms. The van der Waals surface area contributed by atoms with E-state index in [-0.39, 0.29) is 17.4 Å². The maximum absolute atomic E-state index is 11.7. The fourth-order valence-electron chi connectivity index (χ4n) is 2.11. The molecule has 0 atom stereocenters. The van der Waals surface area contributed by atoms with Crippen molar-refractivity contribution in [3.63, 3.8) is 0 Å². The lowest BCUT2D eigenvalue weighted by Crippen LogP contribution is -2.43. The Bertz CT molecular complexity index is 512. The van der Waals surface area contributed by atoms with E-state index in [1.807, 2.05) is 11.4 Å². The average Bonchev–Trinajstić information content (AvgIpc) is 2.91. The van der Waals surface area contributed by atoms with Crippen molar-refractivity contribution in [1.82, 2.24) is 10.2 Å². The molecule has 1 aliphatic heterocycles. The second kappa shape index (κ2) is 7.19. The first-order valence-corrected chi connectivity index (χ1v) is 9.52. The zero-order valence-electron chi connectivity index (χ0n) is 11.4. The number of nitrogens with one attached hydrogen (secondary N) is 1. The van der Waals surface area contributed by atoms with Gasteiger partial charge in [-0.3, -0.25) is 9.69 Å². The van der Waals surface area contributed by atoms with Crippen molar-refractivity contribution in [2.75, 3.05) is 37.7 Å². The van der Waals surface area contributed by atoms with E-state index >= 15 is 0 Å². The second-order valence-electron chi connectivity index (χ2n) is 4.98. The standard InChI is InChI=1S/C13H20N2O3S2/c16-13(2-1-12-3-8-19-11-12)14-4-5-15-6-9-20(17,18)10-7-15/h3,8,11H,1-2,4-7,9-10H2,(H,14,16). The summed E-state index contributed by atoms with van der Waals surface area (Å²) in [6, 6.07) is 2.03. The van der Waals surface area contributed by atoms with Crippen LogP contribution in [0.3, 0.4) is 0 Å². The van der Waals surface area contributed by atoms with Crippen molar-refractivity contribution < 1.29 is 13.2 Å². The van der Waals surface area contributed by atoms with Crippen LogP contribution in [0.2, 0.25) is 0 Å². The summed E-state index contributed by atoms with van der Waals surface area (Å²) in [5.74, 6) is 0.527. The number of hydrogen-bond donors (Lipinski definition) is 1. The number of carbonyl (C=O) groups is 1. The quantitative estimate of drug-likeness (QED) is 0.831. The Balaban J connectivity index is 1.58. The zero-order chi connectivity index (χ0) is 14.4. The fraction of sp³-hybridized carbons (Fsp3) is 0.615. The van der Waals surface area contributed by atoms with Crippen molar-refractivity contribution >= 4 is 27.1 Å². The van der Waals surface area contributed by atoms with Gasteiger partial charge in [0, 0.05) is 32.6 Å². The third-order valence-electron chi connectivity index (χ3n) is 3.41. The predicted molar refractivity (Wildman–Crippen MR) is 80.7 cm³/mol. The lowest BCUT2D eigenvalue weighted by atomic mass is 10.2. The largest absolute Gasteiger partial charge is 0.355 e. The first-order valence-electron chi connectivity index (χ1n) is 6.76. The van der Waals surface area contributed by atoms with E-state index < -0.39 is 9.84 Å². The molecule has 1 aliphatic rings. The van der Waals surface area contributed by atoms with Gasteiger partial charge in [0.15, 0.2) is 9.84 Å². The van der Waals surface area contributed by atoms with Gasteiger partial charge in [0.2, 0.25) is 5.91 Å². The maximum atomic E-state index is 11.7. The number of hydrogen-bond acceptors (Lipinski definition) is 5. The minimum Gasteiger partial charge on any atom is -0.355 e. The predicted octanol–water partition coefficient (Wildman–Crippen LogP) is 0.527. The molecule has 0 unspecified atom stereocenters. The highest BCUT2D eigenvalue weighted by Gasteiger charge is 2.20. The molecule has 1 N–H and O–H groups in total. The maximum Gasteiger partial charge on any atom is 0.220 e. The molecule has 1 saturated heterocycles. The molecule has 7 heteroatoms. The first kappa shape index (κ1) is 15.5. The van der Waals surface area contributed by atoms with Gasteiger partial charge in [0.05, 0.1) is 11.5 Å². The third kappa shape index (κ3) is 5.22. The van der Waals surface area contributed by atoms with Crippen LogP contribution < -0.4 is 5.32 Å². The Hall–Kier alpha value is -0.920. The molecule has 2 rings (SSSR count). The van der Waals surface area contributed by atoms with Crippen molar-refractivity contribution in [1.29, 1.82) is 0 Å². The summed E-state index contributed by atoms with van der Waals surface area (Å²) >= 11 is 1.64. The van der Waals surface area contributed by atoms with E-state index in [4.69, 9.17) is 0 Å². The molecule has 0 radical (unpaired) electrons. The van der Waals surface area contributed by atoms with Gasteiger partial charge in [-0.2, -0.15) is 11.3 Å². The summed E-state index contributed by atoms with van der Waals surface area (Å²) in [4.78, 5) is 13.7. The van der Waals surface area contributed by atoms with E-state index in [9.17, 15) is 13.2 Å². The molecular weight excluding hydrogens is 296 g/mol. The minimum absolute atomic E-state index is 0.0563. The van der Waals surface area contributed by atoms with Crippen LogP contribution in [0.4, 0.5) is 0 Å². The Kier molecular flexibility index (Phi) is 5.56. The second-order valence-corrected chi connectivity index (χ2v) is 8.06. The number of nitrogens with zero attached hydrogens (tertiary/aromatic N) is 1. The van der Waals surface area contributed by atoms with E-state index in [0.29, 0.717) is 26.1 Å². The number of rotatable bonds is 6. The van der Waals surface area contributed by atoms with Gasteiger partial charge in [-0.25, -0.2) is 8.42 Å². The van der Waals surface area contributed by atoms with Gasteiger partial charge in [0.1, 0.15) is 0 Å². The van der Waals surface area contributed by atoms with E-state index in [1.165, 1.54) is 5.56 Å². The summed E-state index contributed by atoms with van der Waals surface area (Å²) in [5, 5.41) is 6.96. The molecule has 20 heavy (non-hydrogen) atoms. The van der Waals surface area contributed by atoms with Gasteiger partial charge in [-0.15, -0.1) is 0 Å². The minimum atomic E-state index is -2.82. The van der Waals surface area contributed by atoms with E-state index in [1.54, 1.807) is 11.3 Å². The first-order chi connectivity index (χ1) is 9.55. The molecule has 1 amide bonds. The molecule has 112 valence electrons. The Morgan fingerprint density at radius 2 is 2.10 bits per heavy atom. The topological polar surface area (TPSA) is 66.5 Å². The molecule has 0 saturated carbocycles. The zero-order valence-corrected chi connectivity index (χ0v) is 13.0. The van der Waals surface area contributed by atoms with Crippen LogP contribution in [0, 0.1) is 0 Å². The van der Waals surface area contributed by atoms with Gasteiger partial charge >= 0.3 is 0 Å². The average molecular weight is 316 g/mol. The summed E-state index contributed by atoms with van der Waals surface area (Å²) < 4.78 is 22.6. The van der Waals surface area contributed by atoms with Gasteiger partial charge in [0.25, 0.3) is 0 Å². The Morgan fingerprint density at radius 1 is 1.35 bits per heavy atom. The number of carbonyl (C=O) groups excluding carboxylic acids is 1. The van der Waals surface area contributed by atoms with Crippen molar-refractivity contribution in [2.45, 2.75) is 12.8 Å². The molecular formula is C13H20N2O3S2. The number of aryl methyl sites for hydroxylation is 1. The van der Waals surface area contributed by atoms with Crippen LogP contribution >= 0.6 is 11.3 Å². The van der Waals surface area contributed by atoms with Crippen LogP contribution in [0.1, 0.15) is 12.0 Å². The summed E-state index contributed by atoms with van der Waals surface area (Å²) in [5.41, 5.74) is 1.20. The Morgan fingerprint density at radius 3 is 2.75 bits per heavy atom. The summed E-state index contributed by atoms with van der Waals surface area (Å²) in [6.07, 6.45) is 1.28. The fourth-order valence-corrected chi connectivity index (χ4v) is 4.09. The van der Waals surface area contributed by atoms with Gasteiger partial charge in [-0.05, 0) is 28.8 Å². The summed E-state index contributed by atoms with van der Waals surface area (Å²) in [7, 11) is -2.82. The van der Waals surface area contributed by atoms with Crippen molar-refractivity contribution in [3.05, 3.63) is 22.4 Å². The molecule has 0 aromatic carbocycles. The molecule has 1 aromatic heterocycles. The van der Waals surface area contributed by atoms with E-state index in [2.05, 4.69) is 15.6 Å². The number of thiophene rings is 1. The smallest absolute Gasteiger partial charge is 0.220 e. The van der Waals surface area contributed by atoms with Crippen LogP contribution in [0.25, 0.3) is 0 Å². The van der Waals surface area contributed by atoms with Crippen LogP contribution in [-0.4, -0.2) is 56.9 Å². The highest BCUT2D eigenvalue weighted by molar-refractivity contribution is 7.91. The highest BCUT2D eigenvalue weighted by atomic mass is 32.2. The van der Waals surface area contributed by atoms with Crippen LogP contribution in [0.15, 0.2) is 16.8 Å². The molecule has 0 aliphatic carbocycles. The van der Waals surface area contributed by atoms with Crippen LogP contribution in [0.5, 0.6) is 0 Å². The molecule has 1 aromatic rings. The van der Waals surface area contributed by atoms with Crippen molar-refractivity contribution in [2.24, 2.45) is 0 Å². The lowest BCUT2D eigenvalue weighted by molar-refractivity contribution is -0.121. The Labute approximate surface area is 123 Å². The number of sulfone groups is 1. The lowest BCUT2D eigenvalue weighted by Gasteiger charge is -2.26. The SMILES string of the molecule is O=C(CCc1ccsc1)NCCN1CCS(=O)(=O)CC1.